The molecular formula is C15H13ClFN3. The van der Waals surface area contributed by atoms with Crippen LogP contribution < -0.4 is 0 Å². The van der Waals surface area contributed by atoms with Crippen molar-refractivity contribution in [2.24, 2.45) is 0 Å². The summed E-state index contributed by atoms with van der Waals surface area (Å²) in [5.41, 5.74) is 3.76. The minimum atomic E-state index is -0.291. The Balaban J connectivity index is 2.12. The molecule has 0 bridgehead atoms. The molecular weight excluding hydrogens is 277 g/mol. The third-order valence-electron chi connectivity index (χ3n) is 3.38. The Morgan fingerprint density at radius 3 is 2.90 bits per heavy atom. The Labute approximate surface area is 121 Å². The SMILES string of the molecule is Cc1ccncc1Cn1c(CCl)nc2cc(F)ccc21. The van der Waals surface area contributed by atoms with Gasteiger partial charge in [0.05, 0.1) is 23.5 Å². The van der Waals surface area contributed by atoms with E-state index in [0.29, 0.717) is 12.1 Å². The Morgan fingerprint density at radius 2 is 2.15 bits per heavy atom. The lowest BCUT2D eigenvalue weighted by atomic mass is 10.1. The minimum Gasteiger partial charge on any atom is -0.322 e. The van der Waals surface area contributed by atoms with E-state index in [1.807, 2.05) is 23.8 Å². The number of aromatic nitrogens is 3. The molecule has 0 spiro atoms. The van der Waals surface area contributed by atoms with Crippen LogP contribution in [-0.4, -0.2) is 14.5 Å². The molecule has 3 aromatic rings. The first-order valence-electron chi connectivity index (χ1n) is 6.29. The zero-order chi connectivity index (χ0) is 14.1. The average molecular weight is 290 g/mol. The van der Waals surface area contributed by atoms with Crippen molar-refractivity contribution in [2.75, 3.05) is 0 Å². The highest BCUT2D eigenvalue weighted by molar-refractivity contribution is 6.16. The number of nitrogens with zero attached hydrogens (tertiary/aromatic N) is 3. The van der Waals surface area contributed by atoms with Crippen molar-refractivity contribution >= 4 is 22.6 Å². The lowest BCUT2D eigenvalue weighted by Gasteiger charge is -2.09. The van der Waals surface area contributed by atoms with Crippen LogP contribution in [0.25, 0.3) is 11.0 Å². The van der Waals surface area contributed by atoms with Crippen LogP contribution in [0.1, 0.15) is 17.0 Å². The largest absolute Gasteiger partial charge is 0.322 e. The lowest BCUT2D eigenvalue weighted by molar-refractivity contribution is 0.629. The van der Waals surface area contributed by atoms with Gasteiger partial charge in [0.15, 0.2) is 0 Å². The second-order valence-corrected chi connectivity index (χ2v) is 4.95. The maximum absolute atomic E-state index is 13.3. The van der Waals surface area contributed by atoms with E-state index in [1.54, 1.807) is 12.3 Å². The van der Waals surface area contributed by atoms with Crippen molar-refractivity contribution in [3.05, 3.63) is 59.4 Å². The molecule has 0 unspecified atom stereocenters. The molecule has 0 saturated heterocycles. The van der Waals surface area contributed by atoms with Crippen LogP contribution >= 0.6 is 11.6 Å². The number of alkyl halides is 1. The first-order valence-corrected chi connectivity index (χ1v) is 6.82. The quantitative estimate of drug-likeness (QED) is 0.689. The molecule has 2 aromatic heterocycles. The zero-order valence-electron chi connectivity index (χ0n) is 11.0. The zero-order valence-corrected chi connectivity index (χ0v) is 11.7. The van der Waals surface area contributed by atoms with E-state index < -0.39 is 0 Å². The molecule has 0 fully saturated rings. The van der Waals surface area contributed by atoms with Crippen LogP contribution in [0.4, 0.5) is 4.39 Å². The maximum Gasteiger partial charge on any atom is 0.125 e. The van der Waals surface area contributed by atoms with E-state index >= 15 is 0 Å². The van der Waals surface area contributed by atoms with Gasteiger partial charge in [-0.3, -0.25) is 4.98 Å². The van der Waals surface area contributed by atoms with Crippen molar-refractivity contribution < 1.29 is 4.39 Å². The van der Waals surface area contributed by atoms with Gasteiger partial charge >= 0.3 is 0 Å². The van der Waals surface area contributed by atoms with Crippen LogP contribution in [-0.2, 0) is 12.4 Å². The van der Waals surface area contributed by atoms with Gasteiger partial charge in [-0.25, -0.2) is 9.37 Å². The van der Waals surface area contributed by atoms with Gasteiger partial charge in [0.2, 0.25) is 0 Å². The molecule has 0 aliphatic heterocycles. The number of benzene rings is 1. The Hall–Kier alpha value is -1.94. The summed E-state index contributed by atoms with van der Waals surface area (Å²) in [6.07, 6.45) is 3.60. The van der Waals surface area contributed by atoms with E-state index in [9.17, 15) is 4.39 Å². The molecule has 0 saturated carbocycles. The van der Waals surface area contributed by atoms with E-state index in [2.05, 4.69) is 9.97 Å². The van der Waals surface area contributed by atoms with Gasteiger partial charge in [-0.05, 0) is 36.2 Å². The molecule has 0 radical (unpaired) electrons. The third kappa shape index (κ3) is 2.27. The second-order valence-electron chi connectivity index (χ2n) is 4.68. The summed E-state index contributed by atoms with van der Waals surface area (Å²) in [4.78, 5) is 8.54. The molecule has 0 aliphatic carbocycles. The fourth-order valence-electron chi connectivity index (χ4n) is 2.26. The molecule has 2 heterocycles. The molecule has 3 rings (SSSR count). The topological polar surface area (TPSA) is 30.7 Å². The Bertz CT molecular complexity index is 767. The first kappa shape index (κ1) is 13.1. The molecule has 0 aliphatic rings. The van der Waals surface area contributed by atoms with Crippen LogP contribution in [0.2, 0.25) is 0 Å². The predicted molar refractivity (Wildman–Crippen MR) is 77.3 cm³/mol. The molecule has 102 valence electrons. The van der Waals surface area contributed by atoms with E-state index in [1.165, 1.54) is 12.1 Å². The highest BCUT2D eigenvalue weighted by atomic mass is 35.5. The van der Waals surface area contributed by atoms with Gasteiger partial charge in [-0.1, -0.05) is 0 Å². The average Bonchev–Trinajstić information content (AvgIpc) is 2.78. The maximum atomic E-state index is 13.3. The summed E-state index contributed by atoms with van der Waals surface area (Å²) >= 11 is 5.96. The summed E-state index contributed by atoms with van der Waals surface area (Å²) in [6.45, 7) is 2.67. The molecule has 20 heavy (non-hydrogen) atoms. The van der Waals surface area contributed by atoms with Gasteiger partial charge in [0, 0.05) is 18.5 Å². The summed E-state index contributed by atoms with van der Waals surface area (Å²) < 4.78 is 15.3. The second kappa shape index (κ2) is 5.21. The van der Waals surface area contributed by atoms with Gasteiger partial charge < -0.3 is 4.57 Å². The fourth-order valence-corrected chi connectivity index (χ4v) is 2.47. The van der Waals surface area contributed by atoms with E-state index in [0.717, 1.165) is 22.5 Å². The molecule has 0 N–H and O–H groups in total. The van der Waals surface area contributed by atoms with Crippen molar-refractivity contribution in [2.45, 2.75) is 19.3 Å². The standard InChI is InChI=1S/C15H13ClFN3/c1-10-4-5-18-8-11(10)9-20-14-3-2-12(17)6-13(14)19-15(20)7-16/h2-6,8H,7,9H2,1H3. The highest BCUT2D eigenvalue weighted by Crippen LogP contribution is 2.21. The number of aryl methyl sites for hydroxylation is 1. The van der Waals surface area contributed by atoms with Crippen LogP contribution in [0.3, 0.4) is 0 Å². The molecule has 5 heteroatoms. The highest BCUT2D eigenvalue weighted by Gasteiger charge is 2.12. The number of hydrogen-bond donors (Lipinski definition) is 0. The number of rotatable bonds is 3. The molecule has 0 atom stereocenters. The molecule has 1 aromatic carbocycles. The minimum absolute atomic E-state index is 0.287. The Kier molecular flexibility index (Phi) is 3.40. The van der Waals surface area contributed by atoms with Crippen LogP contribution in [0, 0.1) is 12.7 Å². The van der Waals surface area contributed by atoms with E-state index in [4.69, 9.17) is 11.6 Å². The number of hydrogen-bond acceptors (Lipinski definition) is 2. The summed E-state index contributed by atoms with van der Waals surface area (Å²) in [6, 6.07) is 6.57. The van der Waals surface area contributed by atoms with Crippen LogP contribution in [0.5, 0.6) is 0 Å². The predicted octanol–water partition coefficient (Wildman–Crippen LogP) is 3.67. The summed E-state index contributed by atoms with van der Waals surface area (Å²) in [7, 11) is 0. The summed E-state index contributed by atoms with van der Waals surface area (Å²) in [5, 5.41) is 0. The van der Waals surface area contributed by atoms with Gasteiger partial charge in [-0.15, -0.1) is 11.6 Å². The number of pyridine rings is 1. The molecule has 3 nitrogen and oxygen atoms in total. The number of fused-ring (bicyclic) bond motifs is 1. The van der Waals surface area contributed by atoms with Crippen molar-refractivity contribution in [3.63, 3.8) is 0 Å². The van der Waals surface area contributed by atoms with Gasteiger partial charge in [-0.2, -0.15) is 0 Å². The van der Waals surface area contributed by atoms with Crippen LogP contribution in [0.15, 0.2) is 36.7 Å². The number of halogens is 2. The van der Waals surface area contributed by atoms with Gasteiger partial charge in [0.1, 0.15) is 11.6 Å². The first-order chi connectivity index (χ1) is 9.69. The lowest BCUT2D eigenvalue weighted by Crippen LogP contribution is -2.05. The number of imidazole rings is 1. The monoisotopic (exact) mass is 289 g/mol. The third-order valence-corrected chi connectivity index (χ3v) is 3.62. The van der Waals surface area contributed by atoms with Crippen molar-refractivity contribution in [1.82, 2.24) is 14.5 Å². The summed E-state index contributed by atoms with van der Waals surface area (Å²) in [5.74, 6) is 0.728. The smallest absolute Gasteiger partial charge is 0.125 e. The van der Waals surface area contributed by atoms with Crippen molar-refractivity contribution in [1.29, 1.82) is 0 Å². The van der Waals surface area contributed by atoms with E-state index in [-0.39, 0.29) is 11.7 Å². The fraction of sp³-hybridized carbons (Fsp3) is 0.200. The Morgan fingerprint density at radius 1 is 1.30 bits per heavy atom. The normalized spacial score (nSPS) is 11.2. The van der Waals surface area contributed by atoms with Gasteiger partial charge in [0.25, 0.3) is 0 Å². The van der Waals surface area contributed by atoms with Crippen molar-refractivity contribution in [3.8, 4) is 0 Å². The molecule has 0 amide bonds.